The van der Waals surface area contributed by atoms with Crippen LogP contribution in [-0.4, -0.2) is 18.1 Å². The van der Waals surface area contributed by atoms with Crippen molar-refractivity contribution in [2.24, 2.45) is 0 Å². The number of carbonyl (C=O) groups excluding carboxylic acids is 1. The Morgan fingerprint density at radius 3 is 2.69 bits per heavy atom. The molecule has 0 unspecified atom stereocenters. The molecule has 0 amide bonds. The van der Waals surface area contributed by atoms with Crippen LogP contribution in [0.5, 0.6) is 0 Å². The number of carbonyl (C=O) groups is 1. The van der Waals surface area contributed by atoms with Gasteiger partial charge in [0.1, 0.15) is 11.8 Å². The van der Waals surface area contributed by atoms with Gasteiger partial charge in [0.2, 0.25) is 5.56 Å². The Labute approximate surface area is 88.3 Å². The lowest BCUT2D eigenvalue weighted by atomic mass is 10.1. The number of hydrogen-bond acceptors (Lipinski definition) is 4. The van der Waals surface area contributed by atoms with E-state index in [9.17, 15) is 18.4 Å². The van der Waals surface area contributed by atoms with E-state index in [1.165, 1.54) is 6.07 Å². The summed E-state index contributed by atoms with van der Waals surface area (Å²) in [6.07, 6.45) is -3.06. The molecule has 0 radical (unpaired) electrons. The number of ether oxygens (including phenoxy) is 1. The number of halogens is 2. The zero-order valence-electron chi connectivity index (χ0n) is 8.08. The Balaban J connectivity index is 3.58. The van der Waals surface area contributed by atoms with Crippen LogP contribution in [0.4, 0.5) is 8.78 Å². The summed E-state index contributed by atoms with van der Waals surface area (Å²) >= 11 is 0. The lowest BCUT2D eigenvalue weighted by Gasteiger charge is -2.07. The number of nitrogens with zero attached hydrogens (tertiary/aromatic N) is 1. The maximum Gasteiger partial charge on any atom is 0.338 e. The molecule has 1 rings (SSSR count). The van der Waals surface area contributed by atoms with Crippen molar-refractivity contribution in [3.63, 3.8) is 0 Å². The zero-order chi connectivity index (χ0) is 12.3. The van der Waals surface area contributed by atoms with Gasteiger partial charge in [-0.1, -0.05) is 0 Å². The fraction of sp³-hybridized carbons (Fsp3) is 0.222. The minimum Gasteiger partial charge on any atom is -0.465 e. The molecule has 16 heavy (non-hydrogen) atoms. The van der Waals surface area contributed by atoms with Gasteiger partial charge in [0.05, 0.1) is 18.2 Å². The van der Waals surface area contributed by atoms with E-state index in [4.69, 9.17) is 5.26 Å². The molecule has 0 atom stereocenters. The van der Waals surface area contributed by atoms with E-state index in [-0.39, 0.29) is 0 Å². The molecule has 1 aromatic rings. The van der Waals surface area contributed by atoms with Crippen LogP contribution in [0.3, 0.4) is 0 Å². The van der Waals surface area contributed by atoms with Crippen molar-refractivity contribution < 1.29 is 18.3 Å². The second-order valence-corrected chi connectivity index (χ2v) is 2.74. The molecule has 84 valence electrons. The minimum atomic E-state index is -3.06. The number of nitrogens with one attached hydrogen (secondary N) is 1. The minimum absolute atomic E-state index is 0.599. The predicted octanol–water partition coefficient (Wildman–Crippen LogP) is 0.971. The number of aromatic nitrogens is 1. The Hall–Kier alpha value is -2.23. The quantitative estimate of drug-likeness (QED) is 0.764. The van der Waals surface area contributed by atoms with Gasteiger partial charge in [0, 0.05) is 6.07 Å². The Bertz CT molecular complexity index is 516. The van der Waals surface area contributed by atoms with Gasteiger partial charge in [0.25, 0.3) is 6.43 Å². The molecule has 0 bridgehead atoms. The molecule has 7 heteroatoms. The Morgan fingerprint density at radius 2 is 2.25 bits per heavy atom. The SMILES string of the molecule is COC(=O)c1cc(=O)[nH]c(C#N)c1C(F)F. The predicted molar refractivity (Wildman–Crippen MR) is 48.1 cm³/mol. The van der Waals surface area contributed by atoms with Gasteiger partial charge in [-0.3, -0.25) is 4.79 Å². The third kappa shape index (κ3) is 2.06. The van der Waals surface area contributed by atoms with Crippen molar-refractivity contribution in [2.45, 2.75) is 6.43 Å². The summed E-state index contributed by atoms with van der Waals surface area (Å²) in [5.74, 6) is -1.09. The van der Waals surface area contributed by atoms with Crippen molar-refractivity contribution >= 4 is 5.97 Å². The van der Waals surface area contributed by atoms with Crippen molar-refractivity contribution in [3.05, 3.63) is 33.2 Å². The summed E-state index contributed by atoms with van der Waals surface area (Å²) < 4.78 is 29.5. The number of rotatable bonds is 2. The van der Waals surface area contributed by atoms with Crippen LogP contribution < -0.4 is 5.56 Å². The molecule has 1 N–H and O–H groups in total. The summed E-state index contributed by atoms with van der Waals surface area (Å²) in [5, 5.41) is 8.57. The fourth-order valence-electron chi connectivity index (χ4n) is 1.16. The Morgan fingerprint density at radius 1 is 1.62 bits per heavy atom. The van der Waals surface area contributed by atoms with Gasteiger partial charge >= 0.3 is 5.97 Å². The molecule has 1 heterocycles. The van der Waals surface area contributed by atoms with E-state index in [1.54, 1.807) is 0 Å². The van der Waals surface area contributed by atoms with E-state index >= 15 is 0 Å². The molecule has 0 fully saturated rings. The molecule has 0 spiro atoms. The lowest BCUT2D eigenvalue weighted by molar-refractivity contribution is 0.0588. The first-order valence-electron chi connectivity index (χ1n) is 4.05. The average molecular weight is 228 g/mol. The highest BCUT2D eigenvalue weighted by molar-refractivity contribution is 5.91. The number of aromatic amines is 1. The topological polar surface area (TPSA) is 83.0 Å². The number of H-pyrrole nitrogens is 1. The van der Waals surface area contributed by atoms with E-state index in [0.29, 0.717) is 6.07 Å². The maximum absolute atomic E-state index is 12.6. The van der Waals surface area contributed by atoms with Gasteiger partial charge in [0.15, 0.2) is 0 Å². The molecule has 0 saturated carbocycles. The molecule has 0 aromatic carbocycles. The summed E-state index contributed by atoms with van der Waals surface area (Å²) in [5.41, 5.74) is -2.88. The summed E-state index contributed by atoms with van der Waals surface area (Å²) in [7, 11) is 0.991. The van der Waals surface area contributed by atoms with Gasteiger partial charge in [-0.25, -0.2) is 13.6 Å². The van der Waals surface area contributed by atoms with E-state index in [2.05, 4.69) is 4.74 Å². The van der Waals surface area contributed by atoms with Gasteiger partial charge in [-0.2, -0.15) is 5.26 Å². The average Bonchev–Trinajstić information content (AvgIpc) is 2.26. The maximum atomic E-state index is 12.6. The van der Waals surface area contributed by atoms with Crippen LogP contribution in [0.1, 0.15) is 28.0 Å². The monoisotopic (exact) mass is 228 g/mol. The second kappa shape index (κ2) is 4.53. The number of esters is 1. The third-order valence-corrected chi connectivity index (χ3v) is 1.82. The molecule has 1 aromatic heterocycles. The summed E-state index contributed by atoms with van der Waals surface area (Å²) in [6, 6.07) is 2.07. The van der Waals surface area contributed by atoms with Crippen LogP contribution in [0.25, 0.3) is 0 Å². The third-order valence-electron chi connectivity index (χ3n) is 1.82. The fourth-order valence-corrected chi connectivity index (χ4v) is 1.16. The molecule has 0 aliphatic rings. The lowest BCUT2D eigenvalue weighted by Crippen LogP contribution is -2.17. The highest BCUT2D eigenvalue weighted by Gasteiger charge is 2.24. The van der Waals surface area contributed by atoms with Crippen molar-refractivity contribution in [1.29, 1.82) is 5.26 Å². The number of pyridine rings is 1. The first kappa shape index (κ1) is 11.8. The molecule has 0 saturated heterocycles. The smallest absolute Gasteiger partial charge is 0.338 e. The first-order chi connectivity index (χ1) is 7.51. The largest absolute Gasteiger partial charge is 0.465 e. The molecular weight excluding hydrogens is 222 g/mol. The van der Waals surface area contributed by atoms with Crippen molar-refractivity contribution in [2.75, 3.05) is 7.11 Å². The van der Waals surface area contributed by atoms with E-state index < -0.39 is 34.8 Å². The normalized spacial score (nSPS) is 9.94. The number of methoxy groups -OCH3 is 1. The Kier molecular flexibility index (Phi) is 3.35. The van der Waals surface area contributed by atoms with Gasteiger partial charge < -0.3 is 9.72 Å². The standard InChI is InChI=1S/C9H6F2N2O3/c1-16-9(15)4-2-6(14)13-5(3-12)7(4)8(10)11/h2,8H,1H3,(H,13,14). The number of nitriles is 1. The van der Waals surface area contributed by atoms with Gasteiger partial charge in [-0.05, 0) is 0 Å². The van der Waals surface area contributed by atoms with Crippen LogP contribution in [0.15, 0.2) is 10.9 Å². The van der Waals surface area contributed by atoms with E-state index in [0.717, 1.165) is 7.11 Å². The van der Waals surface area contributed by atoms with Gasteiger partial charge in [-0.15, -0.1) is 0 Å². The van der Waals surface area contributed by atoms with Crippen LogP contribution >= 0.6 is 0 Å². The van der Waals surface area contributed by atoms with E-state index in [1.807, 2.05) is 4.98 Å². The first-order valence-corrected chi connectivity index (χ1v) is 4.05. The highest BCUT2D eigenvalue weighted by atomic mass is 19.3. The number of hydrogen-bond donors (Lipinski definition) is 1. The molecule has 0 aliphatic heterocycles. The second-order valence-electron chi connectivity index (χ2n) is 2.74. The number of alkyl halides is 2. The molecule has 5 nitrogen and oxygen atoms in total. The van der Waals surface area contributed by atoms with Crippen molar-refractivity contribution in [1.82, 2.24) is 4.98 Å². The van der Waals surface area contributed by atoms with Crippen molar-refractivity contribution in [3.8, 4) is 6.07 Å². The van der Waals surface area contributed by atoms with Crippen LogP contribution in [0.2, 0.25) is 0 Å². The summed E-state index contributed by atoms with van der Waals surface area (Å²) in [4.78, 5) is 24.1. The molecule has 0 aliphatic carbocycles. The summed E-state index contributed by atoms with van der Waals surface area (Å²) in [6.45, 7) is 0. The molecular formula is C9H6F2N2O3. The van der Waals surface area contributed by atoms with Crippen LogP contribution in [0, 0.1) is 11.3 Å². The highest BCUT2D eigenvalue weighted by Crippen LogP contribution is 2.24. The zero-order valence-corrected chi connectivity index (χ0v) is 8.08. The van der Waals surface area contributed by atoms with Crippen LogP contribution in [-0.2, 0) is 4.74 Å².